The molecule has 0 radical (unpaired) electrons. The molecule has 0 spiro atoms. The molecule has 0 saturated carbocycles. The maximum atomic E-state index is 14.3. The molecule has 0 saturated heterocycles. The Bertz CT molecular complexity index is 2260. The molecule has 1 amide bonds. The van der Waals surface area contributed by atoms with Crippen LogP contribution in [0, 0.1) is 18.5 Å². The third kappa shape index (κ3) is 7.04. The number of nitrogens with one attached hydrogen (secondary N) is 1. The van der Waals surface area contributed by atoms with Crippen LogP contribution in [0.3, 0.4) is 0 Å². The number of fused-ring (bicyclic) bond motifs is 1. The van der Waals surface area contributed by atoms with Gasteiger partial charge in [0.2, 0.25) is 0 Å². The van der Waals surface area contributed by atoms with E-state index in [2.05, 4.69) is 56.6 Å². The largest absolute Gasteiger partial charge is 0.497 e. The maximum Gasteiger partial charge on any atom is 0.271 e. The van der Waals surface area contributed by atoms with Crippen LogP contribution in [0.25, 0.3) is 6.08 Å². The lowest BCUT2D eigenvalue weighted by molar-refractivity contribution is -0.113. The van der Waals surface area contributed by atoms with E-state index < -0.39 is 6.04 Å². The fourth-order valence-corrected chi connectivity index (χ4v) is 8.35. The van der Waals surface area contributed by atoms with Crippen LogP contribution in [0.15, 0.2) is 112 Å². The number of thiazole rings is 1. The van der Waals surface area contributed by atoms with Crippen molar-refractivity contribution in [1.82, 2.24) is 4.57 Å². The quantitative estimate of drug-likeness (QED) is 0.179. The lowest BCUT2D eigenvalue weighted by Crippen LogP contribution is -2.40. The van der Waals surface area contributed by atoms with Gasteiger partial charge in [0.05, 0.1) is 44.2 Å². The molecule has 2 heterocycles. The van der Waals surface area contributed by atoms with Gasteiger partial charge in [-0.25, -0.2) is 4.99 Å². The van der Waals surface area contributed by atoms with Gasteiger partial charge in [0.25, 0.3) is 11.5 Å². The Labute approximate surface area is 302 Å². The smallest absolute Gasteiger partial charge is 0.271 e. The van der Waals surface area contributed by atoms with Gasteiger partial charge in [-0.3, -0.25) is 14.2 Å². The molecule has 1 aliphatic rings. The first-order chi connectivity index (χ1) is 22.7. The number of hydrogen-bond acceptors (Lipinski definition) is 7. The molecule has 11 heteroatoms. The Balaban J connectivity index is 1.46. The van der Waals surface area contributed by atoms with Crippen LogP contribution >= 0.6 is 56.5 Å². The number of hydrogen-bond donors (Lipinski definition) is 1. The van der Waals surface area contributed by atoms with E-state index in [9.17, 15) is 9.59 Å². The number of halogens is 2. The number of allylic oxidation sites excluding steroid dienone is 1. The molecule has 6 rings (SSSR count). The van der Waals surface area contributed by atoms with Gasteiger partial charge in [0.1, 0.15) is 18.1 Å². The first kappa shape index (κ1) is 32.7. The molecule has 234 valence electrons. The zero-order valence-corrected chi connectivity index (χ0v) is 30.3. The Morgan fingerprint density at radius 2 is 1.83 bits per heavy atom. The maximum absolute atomic E-state index is 14.3. The SMILES string of the molecule is COc1cccc([C@H]2C(C(=O)Nc3ccccc3)=C(C)N=c3s/c(=C\c4cc(I)cc(I)c4OCc4ccc(C#N)cc4)c(=O)n32)c1. The highest BCUT2D eigenvalue weighted by molar-refractivity contribution is 14.1. The van der Waals surface area contributed by atoms with Gasteiger partial charge in [0.15, 0.2) is 4.80 Å². The zero-order chi connectivity index (χ0) is 33.1. The standard InChI is InChI=1S/C36H26I2N4O4S/c1-21-31(34(43)41-27-8-4-3-5-9-27)32(24-7-6-10-28(16-24)45-2)42-35(44)30(47-36(42)40-21)17-25-15-26(37)18-29(38)33(25)46-20-23-13-11-22(19-39)12-14-23/h3-18,32H,20H2,1-2H3,(H,41,43)/b30-17-/t32-/m0/s1. The summed E-state index contributed by atoms with van der Waals surface area (Å²) in [5, 5.41) is 12.1. The summed E-state index contributed by atoms with van der Waals surface area (Å²) >= 11 is 5.75. The Kier molecular flexibility index (Phi) is 9.90. The van der Waals surface area contributed by atoms with Crippen molar-refractivity contribution < 1.29 is 14.3 Å². The van der Waals surface area contributed by atoms with E-state index in [4.69, 9.17) is 19.7 Å². The fraction of sp³-hybridized carbons (Fsp3) is 0.111. The van der Waals surface area contributed by atoms with E-state index in [0.29, 0.717) is 50.0 Å². The molecule has 0 aliphatic carbocycles. The molecule has 0 bridgehead atoms. The van der Waals surface area contributed by atoms with E-state index >= 15 is 0 Å². The lowest BCUT2D eigenvalue weighted by Gasteiger charge is -2.25. The van der Waals surface area contributed by atoms with Crippen molar-refractivity contribution in [2.24, 2.45) is 4.99 Å². The molecule has 8 nitrogen and oxygen atoms in total. The summed E-state index contributed by atoms with van der Waals surface area (Å²) in [7, 11) is 1.58. The predicted octanol–water partition coefficient (Wildman–Crippen LogP) is 6.54. The topological polar surface area (TPSA) is 106 Å². The van der Waals surface area contributed by atoms with Crippen molar-refractivity contribution in [2.45, 2.75) is 19.6 Å². The highest BCUT2D eigenvalue weighted by atomic mass is 127. The number of benzene rings is 4. The number of anilines is 1. The molecule has 47 heavy (non-hydrogen) atoms. The van der Waals surface area contributed by atoms with E-state index in [1.54, 1.807) is 30.7 Å². The Hall–Kier alpha value is -4.26. The van der Waals surface area contributed by atoms with Gasteiger partial charge in [-0.2, -0.15) is 5.26 Å². The average Bonchev–Trinajstić information content (AvgIpc) is 3.37. The number of carbonyl (C=O) groups excluding carboxylic acids is 1. The monoisotopic (exact) mass is 864 g/mol. The van der Waals surface area contributed by atoms with Crippen molar-refractivity contribution in [3.05, 3.63) is 151 Å². The van der Waals surface area contributed by atoms with Crippen LogP contribution in [0.5, 0.6) is 11.5 Å². The van der Waals surface area contributed by atoms with Gasteiger partial charge in [-0.05, 0) is 118 Å². The van der Waals surface area contributed by atoms with Crippen LogP contribution in [-0.2, 0) is 11.4 Å². The molecule has 5 aromatic rings. The summed E-state index contributed by atoms with van der Waals surface area (Å²) in [4.78, 5) is 33.5. The number of para-hydroxylation sites is 1. The minimum Gasteiger partial charge on any atom is -0.497 e. The summed E-state index contributed by atoms with van der Waals surface area (Å²) in [6.45, 7) is 2.08. The molecule has 1 aliphatic heterocycles. The van der Waals surface area contributed by atoms with Gasteiger partial charge in [-0.15, -0.1) is 0 Å². The summed E-state index contributed by atoms with van der Waals surface area (Å²) < 4.78 is 15.7. The van der Waals surface area contributed by atoms with Crippen LogP contribution in [0.2, 0.25) is 0 Å². The first-order valence-electron chi connectivity index (χ1n) is 14.4. The fourth-order valence-electron chi connectivity index (χ4n) is 5.27. The summed E-state index contributed by atoms with van der Waals surface area (Å²) in [5.74, 6) is 0.912. The van der Waals surface area contributed by atoms with Gasteiger partial charge in [-0.1, -0.05) is 53.8 Å². The van der Waals surface area contributed by atoms with Crippen LogP contribution in [0.1, 0.15) is 35.2 Å². The number of amides is 1. The highest BCUT2D eigenvalue weighted by Crippen LogP contribution is 2.33. The predicted molar refractivity (Wildman–Crippen MR) is 199 cm³/mol. The normalized spacial score (nSPS) is 14.2. The molecule has 1 atom stereocenters. The second kappa shape index (κ2) is 14.2. The molecule has 1 aromatic heterocycles. The van der Waals surface area contributed by atoms with E-state index in [1.807, 2.05) is 84.9 Å². The second-order valence-electron chi connectivity index (χ2n) is 10.6. The number of ether oxygens (including phenoxy) is 2. The van der Waals surface area contributed by atoms with Crippen molar-refractivity contribution in [3.8, 4) is 17.6 Å². The average molecular weight is 865 g/mol. The van der Waals surface area contributed by atoms with E-state index in [1.165, 1.54) is 11.3 Å². The van der Waals surface area contributed by atoms with Crippen molar-refractivity contribution in [3.63, 3.8) is 0 Å². The van der Waals surface area contributed by atoms with Crippen molar-refractivity contribution >= 4 is 74.2 Å². The lowest BCUT2D eigenvalue weighted by atomic mass is 9.95. The van der Waals surface area contributed by atoms with Crippen molar-refractivity contribution in [2.75, 3.05) is 12.4 Å². The summed E-state index contributed by atoms with van der Waals surface area (Å²) in [6, 6.07) is 29.2. The second-order valence-corrected chi connectivity index (χ2v) is 14.0. The minimum atomic E-state index is -0.740. The van der Waals surface area contributed by atoms with Gasteiger partial charge >= 0.3 is 0 Å². The first-order valence-corrected chi connectivity index (χ1v) is 17.4. The summed E-state index contributed by atoms with van der Waals surface area (Å²) in [5.41, 5.74) is 4.23. The molecular weight excluding hydrogens is 838 g/mol. The van der Waals surface area contributed by atoms with Crippen LogP contribution < -0.4 is 29.7 Å². The van der Waals surface area contributed by atoms with Crippen molar-refractivity contribution in [1.29, 1.82) is 5.26 Å². The number of aromatic nitrogens is 1. The molecule has 1 N–H and O–H groups in total. The Morgan fingerprint density at radius 3 is 2.55 bits per heavy atom. The minimum absolute atomic E-state index is 0.272. The zero-order valence-electron chi connectivity index (χ0n) is 25.2. The molecule has 0 unspecified atom stereocenters. The van der Waals surface area contributed by atoms with Crippen LogP contribution in [0.4, 0.5) is 5.69 Å². The number of nitrogens with zero attached hydrogens (tertiary/aromatic N) is 3. The Morgan fingerprint density at radius 1 is 1.06 bits per heavy atom. The number of carbonyl (C=O) groups is 1. The number of methoxy groups -OCH3 is 1. The van der Waals surface area contributed by atoms with Gasteiger partial charge in [0, 0.05) is 14.8 Å². The highest BCUT2D eigenvalue weighted by Gasteiger charge is 2.33. The third-order valence-corrected chi connectivity index (χ3v) is 9.90. The molecular formula is C36H26I2N4O4S. The molecule has 4 aromatic carbocycles. The molecule has 0 fully saturated rings. The number of rotatable bonds is 8. The van der Waals surface area contributed by atoms with E-state index in [-0.39, 0.29) is 11.5 Å². The van der Waals surface area contributed by atoms with Gasteiger partial charge < -0.3 is 14.8 Å². The van der Waals surface area contributed by atoms with Crippen LogP contribution in [-0.4, -0.2) is 17.6 Å². The van der Waals surface area contributed by atoms with E-state index in [0.717, 1.165) is 23.8 Å². The summed E-state index contributed by atoms with van der Waals surface area (Å²) in [6.07, 6.45) is 1.83. The number of nitriles is 1. The third-order valence-electron chi connectivity index (χ3n) is 7.50.